The summed E-state index contributed by atoms with van der Waals surface area (Å²) < 4.78 is 48.2. The maximum absolute atomic E-state index is 12.8. The molecule has 4 rings (SSSR count). The minimum absolute atomic E-state index is 0.0227. The highest BCUT2D eigenvalue weighted by atomic mass is 127. The van der Waals surface area contributed by atoms with Crippen LogP contribution in [0.2, 0.25) is 0 Å². The van der Waals surface area contributed by atoms with Gasteiger partial charge in [-0.15, -0.1) is 0 Å². The predicted octanol–water partition coefficient (Wildman–Crippen LogP) is 5.81. The normalized spacial score (nSPS) is 11.2. The zero-order valence-corrected chi connectivity index (χ0v) is 25.2. The van der Waals surface area contributed by atoms with Crippen molar-refractivity contribution in [3.63, 3.8) is 0 Å². The third-order valence-corrected chi connectivity index (χ3v) is 7.64. The van der Waals surface area contributed by atoms with Crippen LogP contribution in [-0.4, -0.2) is 34.3 Å². The number of hydrogen-bond donors (Lipinski definition) is 1. The second-order valence-electron chi connectivity index (χ2n) is 8.45. The van der Waals surface area contributed by atoms with Crippen LogP contribution in [-0.2, 0) is 16.7 Å². The predicted molar refractivity (Wildman–Crippen MR) is 163 cm³/mol. The van der Waals surface area contributed by atoms with Crippen LogP contribution < -0.4 is 23.8 Å². The van der Waals surface area contributed by atoms with Gasteiger partial charge in [0.15, 0.2) is 23.0 Å². The number of carbonyl (C=O) groups is 1. The fraction of sp³-hybridized carbons (Fsp3) is 0.133. The molecular formula is C30H27IN2O7S. The fourth-order valence-electron chi connectivity index (χ4n) is 3.64. The Morgan fingerprint density at radius 2 is 1.61 bits per heavy atom. The molecule has 9 nitrogen and oxygen atoms in total. The summed E-state index contributed by atoms with van der Waals surface area (Å²) in [6, 6.07) is 25.7. The molecule has 0 spiro atoms. The highest BCUT2D eigenvalue weighted by molar-refractivity contribution is 14.1. The lowest BCUT2D eigenvalue weighted by Crippen LogP contribution is -2.18. The Balaban J connectivity index is 1.45. The zero-order valence-electron chi connectivity index (χ0n) is 22.2. The number of carbonyl (C=O) groups excluding carboxylic acids is 1. The summed E-state index contributed by atoms with van der Waals surface area (Å²) in [5, 5.41) is 4.05. The van der Waals surface area contributed by atoms with Crippen LogP contribution in [0.15, 0.2) is 101 Å². The molecule has 0 fully saturated rings. The van der Waals surface area contributed by atoms with Crippen LogP contribution >= 0.6 is 22.6 Å². The van der Waals surface area contributed by atoms with Crippen molar-refractivity contribution in [1.82, 2.24) is 5.43 Å². The van der Waals surface area contributed by atoms with Crippen molar-refractivity contribution in [2.24, 2.45) is 5.10 Å². The molecule has 0 heterocycles. The molecule has 0 unspecified atom stereocenters. The summed E-state index contributed by atoms with van der Waals surface area (Å²) in [4.78, 5) is 12.8. The smallest absolute Gasteiger partial charge is 0.339 e. The number of ether oxygens (including phenoxy) is 3. The number of hydrogen-bond acceptors (Lipinski definition) is 8. The Bertz CT molecular complexity index is 1630. The summed E-state index contributed by atoms with van der Waals surface area (Å²) in [5.74, 6) is 0.759. The molecular weight excluding hydrogens is 659 g/mol. The van der Waals surface area contributed by atoms with E-state index in [1.54, 1.807) is 48.5 Å². The molecule has 4 aromatic carbocycles. The van der Waals surface area contributed by atoms with Gasteiger partial charge < -0.3 is 18.4 Å². The van der Waals surface area contributed by atoms with E-state index in [1.165, 1.54) is 25.5 Å². The van der Waals surface area contributed by atoms with Crippen molar-refractivity contribution >= 4 is 44.8 Å². The standard InChI is InChI=1S/C30H27IN2O7S/c1-3-38-27-18-23(14-15-26(27)39-20-21-10-6-4-7-11-21)30(34)33-32-19-22-16-25(31)29(28(17-22)37-2)40-41(35,36)24-12-8-5-9-13-24/h4-19H,3,20H2,1-2H3,(H,33,34)/b32-19+. The van der Waals surface area contributed by atoms with Crippen LogP contribution in [0.5, 0.6) is 23.0 Å². The van der Waals surface area contributed by atoms with Crippen LogP contribution in [0.4, 0.5) is 0 Å². The number of amides is 1. The molecule has 4 aromatic rings. The molecule has 0 atom stereocenters. The van der Waals surface area contributed by atoms with E-state index in [9.17, 15) is 13.2 Å². The third kappa shape index (κ3) is 7.98. The van der Waals surface area contributed by atoms with Crippen molar-refractivity contribution in [3.8, 4) is 23.0 Å². The second kappa shape index (κ2) is 14.0. The van der Waals surface area contributed by atoms with Gasteiger partial charge in [0.1, 0.15) is 11.5 Å². The Kier molecular flexibility index (Phi) is 10.2. The number of nitrogens with one attached hydrogen (secondary N) is 1. The molecule has 0 bridgehead atoms. The van der Waals surface area contributed by atoms with Gasteiger partial charge in [0.05, 0.1) is 23.5 Å². The van der Waals surface area contributed by atoms with Gasteiger partial charge in [-0.25, -0.2) is 5.43 Å². The van der Waals surface area contributed by atoms with Gasteiger partial charge in [-0.3, -0.25) is 4.79 Å². The molecule has 212 valence electrons. The topological polar surface area (TPSA) is 113 Å². The van der Waals surface area contributed by atoms with E-state index >= 15 is 0 Å². The molecule has 11 heteroatoms. The fourth-order valence-corrected chi connectivity index (χ4v) is 5.51. The average molecular weight is 687 g/mol. The van der Waals surface area contributed by atoms with Crippen molar-refractivity contribution in [3.05, 3.63) is 111 Å². The van der Waals surface area contributed by atoms with Crippen LogP contribution in [0.1, 0.15) is 28.4 Å². The lowest BCUT2D eigenvalue weighted by Gasteiger charge is -2.13. The first-order valence-electron chi connectivity index (χ1n) is 12.4. The summed E-state index contributed by atoms with van der Waals surface area (Å²) in [5.41, 5.74) is 4.38. The lowest BCUT2D eigenvalue weighted by atomic mass is 10.2. The van der Waals surface area contributed by atoms with Crippen molar-refractivity contribution in [1.29, 1.82) is 0 Å². The summed E-state index contributed by atoms with van der Waals surface area (Å²) in [6.07, 6.45) is 1.42. The van der Waals surface area contributed by atoms with Gasteiger partial charge >= 0.3 is 10.1 Å². The summed E-state index contributed by atoms with van der Waals surface area (Å²) >= 11 is 1.95. The van der Waals surface area contributed by atoms with Crippen molar-refractivity contribution in [2.45, 2.75) is 18.4 Å². The summed E-state index contributed by atoms with van der Waals surface area (Å²) in [7, 11) is -2.66. The molecule has 0 aliphatic heterocycles. The highest BCUT2D eigenvalue weighted by Gasteiger charge is 2.21. The Morgan fingerprint density at radius 1 is 0.902 bits per heavy atom. The molecule has 0 aromatic heterocycles. The van der Waals surface area contributed by atoms with Gasteiger partial charge in [-0.05, 0) is 83.1 Å². The largest absolute Gasteiger partial charge is 0.493 e. The Morgan fingerprint density at radius 3 is 2.29 bits per heavy atom. The highest BCUT2D eigenvalue weighted by Crippen LogP contribution is 2.35. The van der Waals surface area contributed by atoms with E-state index in [0.29, 0.717) is 39.4 Å². The molecule has 1 amide bonds. The molecule has 41 heavy (non-hydrogen) atoms. The third-order valence-electron chi connectivity index (χ3n) is 5.60. The first kappa shape index (κ1) is 29.9. The van der Waals surface area contributed by atoms with Crippen LogP contribution in [0.25, 0.3) is 0 Å². The van der Waals surface area contributed by atoms with E-state index in [2.05, 4.69) is 10.5 Å². The monoisotopic (exact) mass is 686 g/mol. The second-order valence-corrected chi connectivity index (χ2v) is 11.2. The number of methoxy groups -OCH3 is 1. The first-order chi connectivity index (χ1) is 19.8. The quantitative estimate of drug-likeness (QED) is 0.0867. The van der Waals surface area contributed by atoms with Gasteiger partial charge in [0.2, 0.25) is 0 Å². The van der Waals surface area contributed by atoms with Crippen LogP contribution in [0, 0.1) is 3.57 Å². The van der Waals surface area contributed by atoms with Gasteiger partial charge in [-0.1, -0.05) is 48.5 Å². The number of benzene rings is 4. The van der Waals surface area contributed by atoms with Crippen molar-refractivity contribution < 1.29 is 31.6 Å². The maximum Gasteiger partial charge on any atom is 0.339 e. The molecule has 0 aliphatic rings. The molecule has 0 saturated carbocycles. The number of halogens is 1. The van der Waals surface area contributed by atoms with Gasteiger partial charge in [0, 0.05) is 5.56 Å². The number of nitrogens with zero attached hydrogens (tertiary/aromatic N) is 1. The van der Waals surface area contributed by atoms with Gasteiger partial charge in [-0.2, -0.15) is 13.5 Å². The van der Waals surface area contributed by atoms with E-state index in [-0.39, 0.29) is 16.4 Å². The van der Waals surface area contributed by atoms with Gasteiger partial charge in [0.25, 0.3) is 5.91 Å². The molecule has 0 saturated heterocycles. The Hall–Kier alpha value is -4.10. The zero-order chi connectivity index (χ0) is 29.2. The van der Waals surface area contributed by atoms with Crippen molar-refractivity contribution in [2.75, 3.05) is 13.7 Å². The average Bonchev–Trinajstić information content (AvgIpc) is 2.98. The van der Waals surface area contributed by atoms with E-state index in [4.69, 9.17) is 18.4 Å². The molecule has 1 N–H and O–H groups in total. The number of hydrazone groups is 1. The van der Waals surface area contributed by atoms with E-state index < -0.39 is 16.0 Å². The molecule has 0 aliphatic carbocycles. The maximum atomic E-state index is 12.8. The minimum atomic E-state index is -4.06. The lowest BCUT2D eigenvalue weighted by molar-refractivity contribution is 0.0954. The van der Waals surface area contributed by atoms with Crippen LogP contribution in [0.3, 0.4) is 0 Å². The Labute approximate surface area is 252 Å². The molecule has 0 radical (unpaired) electrons. The van der Waals surface area contributed by atoms with E-state index in [0.717, 1.165) is 5.56 Å². The summed E-state index contributed by atoms with van der Waals surface area (Å²) in [6.45, 7) is 2.61. The van der Waals surface area contributed by atoms with E-state index in [1.807, 2.05) is 59.8 Å². The number of rotatable bonds is 12. The SMILES string of the molecule is CCOc1cc(C(=O)N/N=C/c2cc(I)c(OS(=O)(=O)c3ccccc3)c(OC)c2)ccc1OCc1ccccc1. The first-order valence-corrected chi connectivity index (χ1v) is 14.9. The minimum Gasteiger partial charge on any atom is -0.493 e.